The van der Waals surface area contributed by atoms with Crippen LogP contribution >= 0.6 is 0 Å². The van der Waals surface area contributed by atoms with Gasteiger partial charge in [-0.3, -0.25) is 0 Å². The predicted octanol–water partition coefficient (Wildman–Crippen LogP) is 1.98. The van der Waals surface area contributed by atoms with E-state index in [0.717, 1.165) is 0 Å². The number of hydrogen-bond acceptors (Lipinski definition) is 1. The second-order valence-corrected chi connectivity index (χ2v) is 2.15. The molecule has 0 spiro atoms. The third-order valence-corrected chi connectivity index (χ3v) is 0.937. The van der Waals surface area contributed by atoms with E-state index < -0.39 is 18.9 Å². The first-order valence-corrected chi connectivity index (χ1v) is 3.07. The summed E-state index contributed by atoms with van der Waals surface area (Å²) in [5.74, 6) is 2.21. The molecule has 0 aliphatic carbocycles. The highest BCUT2D eigenvalue weighted by atomic mass is 19.4. The Morgan fingerprint density at radius 3 is 2.45 bits per heavy atom. The maximum Gasteiger partial charge on any atom is 0.411 e. The van der Waals surface area contributed by atoms with Crippen LogP contribution in [0.15, 0.2) is 0 Å². The fourth-order valence-electron chi connectivity index (χ4n) is 0.462. The Hall–Kier alpha value is -0.690. The highest BCUT2D eigenvalue weighted by Crippen LogP contribution is 2.15. The molecule has 0 amide bonds. The van der Waals surface area contributed by atoms with Gasteiger partial charge >= 0.3 is 6.18 Å². The van der Waals surface area contributed by atoms with Crippen molar-refractivity contribution in [2.45, 2.75) is 25.6 Å². The van der Waals surface area contributed by atoms with Crippen LogP contribution < -0.4 is 0 Å². The van der Waals surface area contributed by atoms with Crippen molar-refractivity contribution in [1.82, 2.24) is 0 Å². The Labute approximate surface area is 63.5 Å². The van der Waals surface area contributed by atoms with Crippen LogP contribution in [0.25, 0.3) is 0 Å². The highest BCUT2D eigenvalue weighted by Gasteiger charge is 2.28. The molecule has 1 unspecified atom stereocenters. The standard InChI is InChI=1S/C7H9F3O/c1-3-4-6(2)11-5-7(8,9)10/h1,6H,4-5H2,2H3. The molecule has 4 heteroatoms. The first-order valence-electron chi connectivity index (χ1n) is 3.07. The normalized spacial score (nSPS) is 14.1. The molecule has 0 N–H and O–H groups in total. The Balaban J connectivity index is 3.48. The van der Waals surface area contributed by atoms with Gasteiger partial charge in [0.15, 0.2) is 0 Å². The minimum atomic E-state index is -4.26. The van der Waals surface area contributed by atoms with Crippen LogP contribution in [0.3, 0.4) is 0 Å². The molecular weight excluding hydrogens is 157 g/mol. The molecule has 0 heterocycles. The minimum absolute atomic E-state index is 0.204. The zero-order valence-corrected chi connectivity index (χ0v) is 6.11. The fourth-order valence-corrected chi connectivity index (χ4v) is 0.462. The average molecular weight is 166 g/mol. The van der Waals surface area contributed by atoms with Crippen LogP contribution in [0.5, 0.6) is 0 Å². The molecule has 1 nitrogen and oxygen atoms in total. The van der Waals surface area contributed by atoms with Crippen LogP contribution in [0.1, 0.15) is 13.3 Å². The number of ether oxygens (including phenoxy) is 1. The van der Waals surface area contributed by atoms with Crippen LogP contribution in [0.4, 0.5) is 13.2 Å². The van der Waals surface area contributed by atoms with Crippen LogP contribution in [-0.2, 0) is 4.74 Å². The molecule has 0 radical (unpaired) electrons. The first-order chi connectivity index (χ1) is 4.95. The van der Waals surface area contributed by atoms with Crippen molar-refractivity contribution in [3.63, 3.8) is 0 Å². The van der Waals surface area contributed by atoms with E-state index in [-0.39, 0.29) is 6.42 Å². The van der Waals surface area contributed by atoms with E-state index in [1.807, 2.05) is 0 Å². The third-order valence-electron chi connectivity index (χ3n) is 0.937. The summed E-state index contributed by atoms with van der Waals surface area (Å²) in [5, 5.41) is 0. The van der Waals surface area contributed by atoms with E-state index in [1.54, 1.807) is 0 Å². The number of halogens is 3. The van der Waals surface area contributed by atoms with Gasteiger partial charge in [0, 0.05) is 6.42 Å². The average Bonchev–Trinajstić information content (AvgIpc) is 1.83. The van der Waals surface area contributed by atoms with Crippen molar-refractivity contribution < 1.29 is 17.9 Å². The summed E-state index contributed by atoms with van der Waals surface area (Å²) in [7, 11) is 0. The summed E-state index contributed by atoms with van der Waals surface area (Å²) < 4.78 is 38.8. The zero-order valence-electron chi connectivity index (χ0n) is 6.11. The van der Waals surface area contributed by atoms with E-state index in [1.165, 1.54) is 6.92 Å². The van der Waals surface area contributed by atoms with Gasteiger partial charge in [0.2, 0.25) is 0 Å². The molecule has 0 aromatic rings. The van der Waals surface area contributed by atoms with Crippen LogP contribution in [0.2, 0.25) is 0 Å². The van der Waals surface area contributed by atoms with Gasteiger partial charge in [-0.25, -0.2) is 0 Å². The van der Waals surface area contributed by atoms with Gasteiger partial charge in [-0.2, -0.15) is 13.2 Å². The third kappa shape index (κ3) is 7.20. The van der Waals surface area contributed by atoms with E-state index >= 15 is 0 Å². The second kappa shape index (κ2) is 4.24. The summed E-state index contributed by atoms with van der Waals surface area (Å²) in [6.45, 7) is 0.279. The first kappa shape index (κ1) is 10.3. The molecule has 0 aromatic heterocycles. The number of hydrogen-bond donors (Lipinski definition) is 0. The smallest absolute Gasteiger partial charge is 0.368 e. The van der Waals surface area contributed by atoms with Gasteiger partial charge in [0.25, 0.3) is 0 Å². The van der Waals surface area contributed by atoms with E-state index in [2.05, 4.69) is 10.7 Å². The molecule has 0 aromatic carbocycles. The summed E-state index contributed by atoms with van der Waals surface area (Å²) in [6, 6.07) is 0. The Morgan fingerprint density at radius 2 is 2.09 bits per heavy atom. The summed E-state index contributed by atoms with van der Waals surface area (Å²) in [4.78, 5) is 0. The highest BCUT2D eigenvalue weighted by molar-refractivity contribution is 4.85. The van der Waals surface area contributed by atoms with Gasteiger partial charge in [-0.05, 0) is 6.92 Å². The maximum absolute atomic E-state index is 11.5. The SMILES string of the molecule is C#CCC(C)OCC(F)(F)F. The molecule has 11 heavy (non-hydrogen) atoms. The lowest BCUT2D eigenvalue weighted by molar-refractivity contribution is -0.183. The largest absolute Gasteiger partial charge is 0.411 e. The molecule has 1 atom stereocenters. The zero-order chi connectivity index (χ0) is 8.91. The predicted molar refractivity (Wildman–Crippen MR) is 34.9 cm³/mol. The lowest BCUT2D eigenvalue weighted by Gasteiger charge is -2.11. The molecule has 0 rings (SSSR count). The van der Waals surface area contributed by atoms with E-state index in [9.17, 15) is 13.2 Å². The Bertz CT molecular complexity index is 145. The fraction of sp³-hybridized carbons (Fsp3) is 0.714. The number of rotatable bonds is 3. The van der Waals surface area contributed by atoms with E-state index in [4.69, 9.17) is 6.42 Å². The van der Waals surface area contributed by atoms with Gasteiger partial charge in [-0.15, -0.1) is 12.3 Å². The summed E-state index contributed by atoms with van der Waals surface area (Å²) in [6.07, 6.45) is 0.275. The second-order valence-electron chi connectivity index (χ2n) is 2.15. The van der Waals surface area contributed by atoms with E-state index in [0.29, 0.717) is 0 Å². The van der Waals surface area contributed by atoms with Crippen LogP contribution in [-0.4, -0.2) is 18.9 Å². The summed E-state index contributed by atoms with van der Waals surface area (Å²) >= 11 is 0. The quantitative estimate of drug-likeness (QED) is 0.582. The molecule has 64 valence electrons. The monoisotopic (exact) mass is 166 g/mol. The van der Waals surface area contributed by atoms with Crippen molar-refractivity contribution in [3.05, 3.63) is 0 Å². The molecule has 0 bridgehead atoms. The van der Waals surface area contributed by atoms with Gasteiger partial charge in [-0.1, -0.05) is 0 Å². The molecule has 0 saturated carbocycles. The maximum atomic E-state index is 11.5. The van der Waals surface area contributed by atoms with Crippen molar-refractivity contribution in [1.29, 1.82) is 0 Å². The molecule has 0 aliphatic heterocycles. The number of terminal acetylenes is 1. The Kier molecular flexibility index (Phi) is 3.98. The Morgan fingerprint density at radius 1 is 1.55 bits per heavy atom. The van der Waals surface area contributed by atoms with Crippen molar-refractivity contribution >= 4 is 0 Å². The van der Waals surface area contributed by atoms with Gasteiger partial charge in [0.1, 0.15) is 6.61 Å². The molecule has 0 aliphatic rings. The molecule has 0 saturated heterocycles. The molecule has 0 fully saturated rings. The van der Waals surface area contributed by atoms with Crippen molar-refractivity contribution in [2.75, 3.05) is 6.61 Å². The van der Waals surface area contributed by atoms with Crippen LogP contribution in [0, 0.1) is 12.3 Å². The minimum Gasteiger partial charge on any atom is -0.368 e. The van der Waals surface area contributed by atoms with Gasteiger partial charge < -0.3 is 4.74 Å². The topological polar surface area (TPSA) is 9.23 Å². The lowest BCUT2D eigenvalue weighted by atomic mass is 10.3. The van der Waals surface area contributed by atoms with Gasteiger partial charge in [0.05, 0.1) is 6.10 Å². The number of alkyl halides is 3. The van der Waals surface area contributed by atoms with Crippen molar-refractivity contribution in [3.8, 4) is 12.3 Å². The van der Waals surface area contributed by atoms with Crippen molar-refractivity contribution in [2.24, 2.45) is 0 Å². The molecular formula is C7H9F3O. The lowest BCUT2D eigenvalue weighted by Crippen LogP contribution is -2.21. The summed E-state index contributed by atoms with van der Waals surface area (Å²) in [5.41, 5.74) is 0.